The molecule has 0 fully saturated rings. The summed E-state index contributed by atoms with van der Waals surface area (Å²) in [6.07, 6.45) is 2.18. The number of hydrogen-bond acceptors (Lipinski definition) is 6. The van der Waals surface area contributed by atoms with Gasteiger partial charge in [-0.3, -0.25) is 0 Å². The van der Waals surface area contributed by atoms with Crippen LogP contribution in [0, 0.1) is 0 Å². The quantitative estimate of drug-likeness (QED) is 0.503. The second-order valence-electron chi connectivity index (χ2n) is 5.41. The molecule has 0 bridgehead atoms. The predicted octanol–water partition coefficient (Wildman–Crippen LogP) is 3.46. The topological polar surface area (TPSA) is 86.2 Å². The van der Waals surface area contributed by atoms with Gasteiger partial charge in [-0.15, -0.1) is 0 Å². The molecule has 0 saturated heterocycles. The summed E-state index contributed by atoms with van der Waals surface area (Å²) in [6.45, 7) is 2.51. The van der Waals surface area contributed by atoms with Crippen LogP contribution < -0.4 is 19.0 Å². The van der Waals surface area contributed by atoms with Crippen LogP contribution in [0.3, 0.4) is 0 Å². The Balaban J connectivity index is 2.22. The molecule has 2 aromatic carbocycles. The van der Waals surface area contributed by atoms with Crippen LogP contribution in [-0.4, -0.2) is 35.5 Å². The first kappa shape index (κ1) is 20.9. The summed E-state index contributed by atoms with van der Waals surface area (Å²) in [5.41, 5.74) is 0.575. The second kappa shape index (κ2) is 9.48. The summed E-state index contributed by atoms with van der Waals surface area (Å²) in [5.74, 6) is 1.41. The zero-order valence-corrected chi connectivity index (χ0v) is 16.8. The molecule has 9 heteroatoms. The van der Waals surface area contributed by atoms with Gasteiger partial charge in [-0.1, -0.05) is 18.5 Å². The van der Waals surface area contributed by atoms with Crippen molar-refractivity contribution >= 4 is 27.8 Å². The van der Waals surface area contributed by atoms with Crippen LogP contribution in [0.5, 0.6) is 17.2 Å². The number of nitrogens with one attached hydrogen (secondary N) is 1. The summed E-state index contributed by atoms with van der Waals surface area (Å²) in [7, 11) is -0.769. The lowest BCUT2D eigenvalue weighted by Gasteiger charge is -2.14. The molecule has 0 aromatic heterocycles. The average Bonchev–Trinajstić information content (AvgIpc) is 2.66. The van der Waals surface area contributed by atoms with E-state index in [2.05, 4.69) is 9.93 Å². The Morgan fingerprint density at radius 3 is 2.22 bits per heavy atom. The maximum Gasteiger partial charge on any atom is 0.276 e. The molecule has 0 spiro atoms. The SMILES string of the molecule is CCCOc1c(OC)cc(/C=N/NS(=O)(=O)c2ccc(Cl)cc2)cc1OC. The third-order valence-corrected chi connectivity index (χ3v) is 4.93. The van der Waals surface area contributed by atoms with Crippen LogP contribution in [0.4, 0.5) is 0 Å². The molecule has 0 aliphatic heterocycles. The van der Waals surface area contributed by atoms with E-state index in [1.165, 1.54) is 44.7 Å². The molecule has 0 saturated carbocycles. The first-order valence-corrected chi connectivity index (χ1v) is 9.96. The second-order valence-corrected chi connectivity index (χ2v) is 7.51. The highest BCUT2D eigenvalue weighted by Crippen LogP contribution is 2.38. The molecule has 7 nitrogen and oxygen atoms in total. The number of hydrazone groups is 1. The molecule has 0 atom stereocenters. The van der Waals surface area contributed by atoms with Gasteiger partial charge in [0.05, 0.1) is 31.9 Å². The number of hydrogen-bond donors (Lipinski definition) is 1. The van der Waals surface area contributed by atoms with Crippen molar-refractivity contribution in [2.75, 3.05) is 20.8 Å². The highest BCUT2D eigenvalue weighted by atomic mass is 35.5. The predicted molar refractivity (Wildman–Crippen MR) is 105 cm³/mol. The molecular formula is C18H21ClN2O5S. The number of rotatable bonds is 9. The van der Waals surface area contributed by atoms with Crippen molar-refractivity contribution < 1.29 is 22.6 Å². The van der Waals surface area contributed by atoms with Crippen molar-refractivity contribution in [1.82, 2.24) is 4.83 Å². The fraction of sp³-hybridized carbons (Fsp3) is 0.278. The Hall–Kier alpha value is -2.45. The van der Waals surface area contributed by atoms with Crippen molar-refractivity contribution in [2.45, 2.75) is 18.2 Å². The Labute approximate surface area is 163 Å². The molecule has 0 heterocycles. The summed E-state index contributed by atoms with van der Waals surface area (Å²) >= 11 is 5.77. The number of benzene rings is 2. The highest BCUT2D eigenvalue weighted by molar-refractivity contribution is 7.89. The Kier molecular flexibility index (Phi) is 7.32. The number of nitrogens with zero attached hydrogens (tertiary/aromatic N) is 1. The van der Waals surface area contributed by atoms with Gasteiger partial charge in [0, 0.05) is 10.6 Å². The lowest BCUT2D eigenvalue weighted by molar-refractivity contribution is 0.275. The van der Waals surface area contributed by atoms with Crippen LogP contribution in [0.2, 0.25) is 5.02 Å². The largest absolute Gasteiger partial charge is 0.493 e. The van der Waals surface area contributed by atoms with Crippen molar-refractivity contribution in [1.29, 1.82) is 0 Å². The summed E-state index contributed by atoms with van der Waals surface area (Å²) < 4.78 is 40.8. The molecule has 0 amide bonds. The average molecular weight is 413 g/mol. The monoisotopic (exact) mass is 412 g/mol. The van der Waals surface area contributed by atoms with Crippen molar-refractivity contribution in [3.05, 3.63) is 47.0 Å². The maximum absolute atomic E-state index is 12.2. The third-order valence-electron chi connectivity index (χ3n) is 3.44. The minimum Gasteiger partial charge on any atom is -0.493 e. The molecule has 2 aromatic rings. The van der Waals surface area contributed by atoms with Gasteiger partial charge in [-0.25, -0.2) is 4.83 Å². The normalized spacial score (nSPS) is 11.4. The summed E-state index contributed by atoms with van der Waals surface area (Å²) in [5, 5.41) is 4.25. The zero-order chi connectivity index (χ0) is 19.9. The van der Waals surface area contributed by atoms with Gasteiger partial charge in [0.2, 0.25) is 5.75 Å². The van der Waals surface area contributed by atoms with E-state index >= 15 is 0 Å². The Morgan fingerprint density at radius 1 is 1.11 bits per heavy atom. The summed E-state index contributed by atoms with van der Waals surface area (Å²) in [4.78, 5) is 2.21. The van der Waals surface area contributed by atoms with E-state index in [1.54, 1.807) is 12.1 Å². The number of sulfonamides is 1. The van der Waals surface area contributed by atoms with Crippen molar-refractivity contribution in [3.8, 4) is 17.2 Å². The third kappa shape index (κ3) is 5.51. The molecule has 0 aliphatic rings. The molecule has 0 unspecified atom stereocenters. The lowest BCUT2D eigenvalue weighted by Crippen LogP contribution is -2.18. The molecule has 1 N–H and O–H groups in total. The number of methoxy groups -OCH3 is 2. The lowest BCUT2D eigenvalue weighted by atomic mass is 10.2. The minimum atomic E-state index is -3.79. The first-order valence-electron chi connectivity index (χ1n) is 8.10. The smallest absolute Gasteiger partial charge is 0.276 e. The van der Waals surface area contributed by atoms with Crippen LogP contribution in [0.25, 0.3) is 0 Å². The van der Waals surface area contributed by atoms with E-state index in [1.807, 2.05) is 6.92 Å². The van der Waals surface area contributed by atoms with Gasteiger partial charge in [-0.2, -0.15) is 13.5 Å². The van der Waals surface area contributed by atoms with E-state index < -0.39 is 10.0 Å². The molecule has 0 radical (unpaired) electrons. The Morgan fingerprint density at radius 2 is 1.70 bits per heavy atom. The molecule has 27 heavy (non-hydrogen) atoms. The minimum absolute atomic E-state index is 0.0579. The van der Waals surface area contributed by atoms with Gasteiger partial charge in [0.25, 0.3) is 10.0 Å². The molecule has 0 aliphatic carbocycles. The van der Waals surface area contributed by atoms with Crippen molar-refractivity contribution in [2.24, 2.45) is 5.10 Å². The Bertz CT molecular complexity index is 873. The van der Waals surface area contributed by atoms with Gasteiger partial charge >= 0.3 is 0 Å². The van der Waals surface area contributed by atoms with E-state index in [4.69, 9.17) is 25.8 Å². The van der Waals surface area contributed by atoms with E-state index in [9.17, 15) is 8.42 Å². The molecule has 146 valence electrons. The fourth-order valence-corrected chi connectivity index (χ4v) is 3.08. The van der Waals surface area contributed by atoms with Gasteiger partial charge in [0.1, 0.15) is 0 Å². The molecule has 2 rings (SSSR count). The van der Waals surface area contributed by atoms with Crippen LogP contribution in [-0.2, 0) is 10.0 Å². The fourth-order valence-electron chi connectivity index (χ4n) is 2.16. The van der Waals surface area contributed by atoms with E-state index in [0.717, 1.165) is 6.42 Å². The maximum atomic E-state index is 12.2. The van der Waals surface area contributed by atoms with Crippen molar-refractivity contribution in [3.63, 3.8) is 0 Å². The van der Waals surface area contributed by atoms with Crippen LogP contribution in [0.1, 0.15) is 18.9 Å². The number of halogens is 1. The van der Waals surface area contributed by atoms with Gasteiger partial charge < -0.3 is 14.2 Å². The van der Waals surface area contributed by atoms with Gasteiger partial charge in [-0.05, 0) is 42.8 Å². The first-order chi connectivity index (χ1) is 12.9. The number of ether oxygens (including phenoxy) is 3. The van der Waals surface area contributed by atoms with E-state index in [0.29, 0.717) is 34.4 Å². The van der Waals surface area contributed by atoms with Crippen LogP contribution in [0.15, 0.2) is 46.4 Å². The molecular weight excluding hydrogens is 392 g/mol. The zero-order valence-electron chi connectivity index (χ0n) is 15.2. The standard InChI is InChI=1S/C18H21ClN2O5S/c1-4-9-26-18-16(24-2)10-13(11-17(18)25-3)12-20-21-27(22,23)15-7-5-14(19)6-8-15/h5-8,10-12,21H,4,9H2,1-3H3/b20-12+. The summed E-state index contributed by atoms with van der Waals surface area (Å²) in [6, 6.07) is 9.12. The van der Waals surface area contributed by atoms with Gasteiger partial charge in [0.15, 0.2) is 11.5 Å². The highest BCUT2D eigenvalue weighted by Gasteiger charge is 2.14. The van der Waals surface area contributed by atoms with E-state index in [-0.39, 0.29) is 4.90 Å². The van der Waals surface area contributed by atoms with Crippen LogP contribution >= 0.6 is 11.6 Å².